The van der Waals surface area contributed by atoms with Gasteiger partial charge in [-0.15, -0.1) is 0 Å². The lowest BCUT2D eigenvalue weighted by atomic mass is 10.1. The molecule has 1 aromatic heterocycles. The number of aliphatic hydroxyl groups excluding tert-OH is 2. The molecule has 1 fully saturated rings. The smallest absolute Gasteiger partial charge is 0.328 e. The first-order chi connectivity index (χ1) is 9.06. The third-order valence-corrected chi connectivity index (χ3v) is 3.76. The lowest BCUT2D eigenvalue weighted by Crippen LogP contribution is -2.32. The van der Waals surface area contributed by atoms with E-state index in [1.807, 2.05) is 0 Å². The maximum absolute atomic E-state index is 11.8. The Morgan fingerprint density at radius 3 is 2.79 bits per heavy atom. The van der Waals surface area contributed by atoms with Crippen LogP contribution in [0, 0.1) is 5.92 Å². The highest BCUT2D eigenvalue weighted by atomic mass is 79.9. The van der Waals surface area contributed by atoms with E-state index in [9.17, 15) is 14.7 Å². The molecular weight excluding hydrogens is 316 g/mol. The Hall–Kier alpha value is -1.18. The van der Waals surface area contributed by atoms with Gasteiger partial charge >= 0.3 is 5.69 Å². The summed E-state index contributed by atoms with van der Waals surface area (Å²) in [6, 6.07) is -0.209. The normalized spacial score (nSPS) is 27.2. The van der Waals surface area contributed by atoms with Crippen molar-refractivity contribution >= 4 is 22.0 Å². The van der Waals surface area contributed by atoms with Gasteiger partial charge in [0.25, 0.3) is 5.56 Å². The van der Waals surface area contributed by atoms with Gasteiger partial charge in [-0.25, -0.2) is 4.79 Å². The first-order valence-corrected chi connectivity index (χ1v) is 6.89. The Balaban J connectivity index is 2.38. The molecule has 0 aliphatic heterocycles. The molecule has 0 saturated heterocycles. The average Bonchev–Trinajstić information content (AvgIpc) is 2.74. The van der Waals surface area contributed by atoms with Crippen molar-refractivity contribution in [1.29, 1.82) is 0 Å². The van der Waals surface area contributed by atoms with Gasteiger partial charge in [0.15, 0.2) is 0 Å². The van der Waals surface area contributed by atoms with Gasteiger partial charge in [-0.3, -0.25) is 14.3 Å². The molecule has 0 spiro atoms. The minimum absolute atomic E-state index is 0.107. The average molecular weight is 331 g/mol. The Labute approximate surface area is 117 Å². The van der Waals surface area contributed by atoms with E-state index < -0.39 is 17.4 Å². The topological polar surface area (TPSA) is 95.3 Å². The molecule has 1 heterocycles. The van der Waals surface area contributed by atoms with Crippen molar-refractivity contribution in [3.63, 3.8) is 0 Å². The van der Waals surface area contributed by atoms with Gasteiger partial charge < -0.3 is 10.2 Å². The monoisotopic (exact) mass is 330 g/mol. The van der Waals surface area contributed by atoms with E-state index in [0.29, 0.717) is 18.4 Å². The van der Waals surface area contributed by atoms with E-state index in [0.717, 1.165) is 0 Å². The van der Waals surface area contributed by atoms with Crippen LogP contribution in [-0.2, 0) is 0 Å². The summed E-state index contributed by atoms with van der Waals surface area (Å²) in [5.74, 6) is -0.223. The number of nitrogens with zero attached hydrogens (tertiary/aromatic N) is 1. The fourth-order valence-corrected chi connectivity index (χ4v) is 2.74. The summed E-state index contributed by atoms with van der Waals surface area (Å²) in [7, 11) is 0. The van der Waals surface area contributed by atoms with Crippen molar-refractivity contribution < 1.29 is 10.2 Å². The number of aromatic nitrogens is 2. The van der Waals surface area contributed by atoms with Crippen molar-refractivity contribution in [1.82, 2.24) is 9.55 Å². The van der Waals surface area contributed by atoms with Crippen LogP contribution < -0.4 is 11.2 Å². The van der Waals surface area contributed by atoms with Gasteiger partial charge in [-0.1, -0.05) is 15.9 Å². The fraction of sp³-hybridized carbons (Fsp3) is 0.500. The zero-order valence-corrected chi connectivity index (χ0v) is 11.7. The highest BCUT2D eigenvalue weighted by molar-refractivity contribution is 9.11. The van der Waals surface area contributed by atoms with Crippen LogP contribution in [0.2, 0.25) is 0 Å². The molecule has 1 saturated carbocycles. The Bertz CT molecular complexity index is 592. The predicted octanol–water partition coefficient (Wildman–Crippen LogP) is 0.207. The van der Waals surface area contributed by atoms with Crippen molar-refractivity contribution in [3.05, 3.63) is 37.6 Å². The van der Waals surface area contributed by atoms with Gasteiger partial charge in [0, 0.05) is 24.8 Å². The molecule has 0 radical (unpaired) electrons. The summed E-state index contributed by atoms with van der Waals surface area (Å²) in [6.07, 6.45) is 3.32. The van der Waals surface area contributed by atoms with Gasteiger partial charge in [-0.2, -0.15) is 0 Å². The van der Waals surface area contributed by atoms with Gasteiger partial charge in [0.05, 0.1) is 11.7 Å². The van der Waals surface area contributed by atoms with Crippen LogP contribution in [0.4, 0.5) is 0 Å². The largest absolute Gasteiger partial charge is 0.396 e. The first-order valence-electron chi connectivity index (χ1n) is 5.98. The SMILES string of the molecule is O=c1[nH]c(=O)n([C@@H]2C[C@H](CO)[C@@H](O)C2)cc1C=CBr. The number of aromatic amines is 1. The van der Waals surface area contributed by atoms with E-state index in [2.05, 4.69) is 20.9 Å². The summed E-state index contributed by atoms with van der Waals surface area (Å²) in [5, 5.41) is 18.9. The van der Waals surface area contributed by atoms with E-state index in [1.54, 1.807) is 6.08 Å². The minimum atomic E-state index is -0.621. The maximum Gasteiger partial charge on any atom is 0.328 e. The van der Waals surface area contributed by atoms with Gasteiger partial charge in [0.1, 0.15) is 0 Å². The molecular formula is C12H15BrN2O4. The molecule has 19 heavy (non-hydrogen) atoms. The molecule has 1 aliphatic rings. The number of halogens is 1. The fourth-order valence-electron chi connectivity index (χ4n) is 2.46. The zero-order valence-electron chi connectivity index (χ0n) is 10.1. The Morgan fingerprint density at radius 1 is 1.47 bits per heavy atom. The molecule has 3 atom stereocenters. The zero-order chi connectivity index (χ0) is 14.0. The number of H-pyrrole nitrogens is 1. The third kappa shape index (κ3) is 2.88. The molecule has 1 aromatic rings. The molecule has 1 aliphatic carbocycles. The molecule has 7 heteroatoms. The number of hydrogen-bond donors (Lipinski definition) is 3. The van der Waals surface area contributed by atoms with Crippen molar-refractivity contribution in [3.8, 4) is 0 Å². The quantitative estimate of drug-likeness (QED) is 0.738. The number of hydrogen-bond acceptors (Lipinski definition) is 4. The van der Waals surface area contributed by atoms with Crippen LogP contribution in [0.3, 0.4) is 0 Å². The second kappa shape index (κ2) is 5.85. The highest BCUT2D eigenvalue weighted by Crippen LogP contribution is 2.33. The minimum Gasteiger partial charge on any atom is -0.396 e. The molecule has 0 bridgehead atoms. The van der Waals surface area contributed by atoms with Gasteiger partial charge in [0.2, 0.25) is 0 Å². The molecule has 104 valence electrons. The molecule has 6 nitrogen and oxygen atoms in total. The number of rotatable bonds is 3. The summed E-state index contributed by atoms with van der Waals surface area (Å²) in [5.41, 5.74) is -0.583. The maximum atomic E-state index is 11.8. The van der Waals surface area contributed by atoms with Crippen LogP contribution in [0.1, 0.15) is 24.4 Å². The third-order valence-electron chi connectivity index (χ3n) is 3.50. The summed E-state index contributed by atoms with van der Waals surface area (Å²) in [6.45, 7) is -0.107. The summed E-state index contributed by atoms with van der Waals surface area (Å²) >= 11 is 3.08. The van der Waals surface area contributed by atoms with Gasteiger partial charge in [-0.05, 0) is 23.9 Å². The van der Waals surface area contributed by atoms with E-state index >= 15 is 0 Å². The highest BCUT2D eigenvalue weighted by Gasteiger charge is 2.34. The lowest BCUT2D eigenvalue weighted by Gasteiger charge is -2.13. The molecule has 0 amide bonds. The Kier molecular flexibility index (Phi) is 4.38. The van der Waals surface area contributed by atoms with Crippen LogP contribution in [0.25, 0.3) is 6.08 Å². The molecule has 2 rings (SSSR count). The van der Waals surface area contributed by atoms with Crippen LogP contribution in [-0.4, -0.2) is 32.5 Å². The Morgan fingerprint density at radius 2 is 2.21 bits per heavy atom. The molecule has 0 unspecified atom stereocenters. The first kappa shape index (κ1) is 14.2. The summed E-state index contributed by atoms with van der Waals surface area (Å²) < 4.78 is 1.42. The van der Waals surface area contributed by atoms with Crippen LogP contribution >= 0.6 is 15.9 Å². The van der Waals surface area contributed by atoms with E-state index in [-0.39, 0.29) is 18.6 Å². The van der Waals surface area contributed by atoms with Crippen molar-refractivity contribution in [2.45, 2.75) is 25.0 Å². The number of nitrogens with one attached hydrogen (secondary N) is 1. The summed E-state index contributed by atoms with van der Waals surface area (Å²) in [4.78, 5) is 27.2. The number of aliphatic hydroxyl groups is 2. The molecule has 3 N–H and O–H groups in total. The predicted molar refractivity (Wildman–Crippen MR) is 74.1 cm³/mol. The standard InChI is InChI=1S/C12H15BrN2O4/c13-2-1-7-5-15(12(19)14-11(7)18)9-3-8(6-16)10(17)4-9/h1-2,5,8-10,16-17H,3-4,6H2,(H,14,18,19)/t8-,9-,10+/m1/s1. The van der Waals surface area contributed by atoms with Crippen LogP contribution in [0.15, 0.2) is 20.8 Å². The van der Waals surface area contributed by atoms with Crippen LogP contribution in [0.5, 0.6) is 0 Å². The van der Waals surface area contributed by atoms with E-state index in [4.69, 9.17) is 5.11 Å². The second-order valence-electron chi connectivity index (χ2n) is 4.68. The van der Waals surface area contributed by atoms with E-state index in [1.165, 1.54) is 15.7 Å². The lowest BCUT2D eigenvalue weighted by molar-refractivity contribution is 0.0906. The second-order valence-corrected chi connectivity index (χ2v) is 5.21. The molecule has 0 aromatic carbocycles. The van der Waals surface area contributed by atoms with Crippen molar-refractivity contribution in [2.75, 3.05) is 6.61 Å². The van der Waals surface area contributed by atoms with Crippen molar-refractivity contribution in [2.24, 2.45) is 5.92 Å².